The number of carbonyl (C=O) groups is 2. The fraction of sp³-hybridized carbons (Fsp3) is 0.130. The normalized spacial score (nSPS) is 10.7. The molecule has 0 saturated carbocycles. The Labute approximate surface area is 192 Å². The third kappa shape index (κ3) is 5.12. The van der Waals surface area contributed by atoms with E-state index in [2.05, 4.69) is 31.3 Å². The van der Waals surface area contributed by atoms with Crippen molar-refractivity contribution in [2.24, 2.45) is 0 Å². The van der Waals surface area contributed by atoms with Gasteiger partial charge < -0.3 is 14.8 Å². The zero-order chi connectivity index (χ0) is 22.5. The topological polar surface area (TPSA) is 95.3 Å². The lowest BCUT2D eigenvalue weighted by atomic mass is 10.2. The number of carbonyl (C=O) groups excluding carboxylic acids is 2. The smallest absolute Gasteiger partial charge is 0.327 e. The molecule has 32 heavy (non-hydrogen) atoms. The van der Waals surface area contributed by atoms with Crippen LogP contribution >= 0.6 is 15.9 Å². The number of halogens is 1. The molecule has 0 unspecified atom stereocenters. The summed E-state index contributed by atoms with van der Waals surface area (Å²) >= 11 is 3.39. The first-order valence-corrected chi connectivity index (χ1v) is 10.6. The van der Waals surface area contributed by atoms with Gasteiger partial charge >= 0.3 is 5.97 Å². The Morgan fingerprint density at radius 3 is 2.72 bits per heavy atom. The fourth-order valence-electron chi connectivity index (χ4n) is 3.03. The Kier molecular flexibility index (Phi) is 6.46. The van der Waals surface area contributed by atoms with E-state index >= 15 is 0 Å². The van der Waals surface area contributed by atoms with Gasteiger partial charge in [-0.1, -0.05) is 22.0 Å². The van der Waals surface area contributed by atoms with Crippen LogP contribution in [0.4, 0.5) is 5.69 Å². The van der Waals surface area contributed by atoms with Gasteiger partial charge in [0, 0.05) is 27.8 Å². The van der Waals surface area contributed by atoms with Gasteiger partial charge in [-0.3, -0.25) is 14.3 Å². The van der Waals surface area contributed by atoms with E-state index in [1.165, 1.54) is 6.20 Å². The van der Waals surface area contributed by atoms with E-state index < -0.39 is 0 Å². The van der Waals surface area contributed by atoms with Gasteiger partial charge in [0.25, 0.3) is 5.91 Å². The van der Waals surface area contributed by atoms with Crippen molar-refractivity contribution in [1.29, 1.82) is 0 Å². The van der Waals surface area contributed by atoms with Gasteiger partial charge in [0.05, 0.1) is 23.9 Å². The maximum absolute atomic E-state index is 12.7. The average Bonchev–Trinajstić information content (AvgIpc) is 3.16. The Hall–Kier alpha value is -3.72. The molecule has 162 valence electrons. The van der Waals surface area contributed by atoms with E-state index in [4.69, 9.17) is 9.47 Å². The lowest BCUT2D eigenvalue weighted by Crippen LogP contribution is -2.15. The zero-order valence-electron chi connectivity index (χ0n) is 17.1. The third-order valence-electron chi connectivity index (χ3n) is 4.50. The van der Waals surface area contributed by atoms with E-state index in [0.717, 1.165) is 9.86 Å². The molecule has 0 aliphatic heterocycles. The van der Waals surface area contributed by atoms with Crippen molar-refractivity contribution in [3.8, 4) is 11.6 Å². The summed E-state index contributed by atoms with van der Waals surface area (Å²) in [6.45, 7) is 2.05. The summed E-state index contributed by atoms with van der Waals surface area (Å²) in [7, 11) is 0. The van der Waals surface area contributed by atoms with Gasteiger partial charge in [0.15, 0.2) is 0 Å². The van der Waals surface area contributed by atoms with Crippen molar-refractivity contribution < 1.29 is 19.1 Å². The first-order valence-electron chi connectivity index (χ1n) is 9.84. The van der Waals surface area contributed by atoms with Crippen LogP contribution in [0.2, 0.25) is 0 Å². The first kappa shape index (κ1) is 21.5. The van der Waals surface area contributed by atoms with Gasteiger partial charge in [-0.15, -0.1) is 0 Å². The monoisotopic (exact) mass is 494 g/mol. The molecule has 2 heterocycles. The van der Waals surface area contributed by atoms with E-state index in [0.29, 0.717) is 35.0 Å². The minimum atomic E-state index is -0.372. The lowest BCUT2D eigenvalue weighted by Gasteiger charge is -2.08. The largest absolute Gasteiger partial charge is 0.465 e. The number of benzene rings is 2. The number of hydrogen-bond donors (Lipinski definition) is 1. The van der Waals surface area contributed by atoms with Crippen molar-refractivity contribution in [1.82, 2.24) is 14.8 Å². The van der Waals surface area contributed by atoms with Crippen molar-refractivity contribution in [2.45, 2.75) is 13.5 Å². The van der Waals surface area contributed by atoms with Crippen LogP contribution in [0, 0.1) is 0 Å². The highest BCUT2D eigenvalue weighted by Gasteiger charge is 2.12. The van der Waals surface area contributed by atoms with Gasteiger partial charge in [-0.05, 0) is 49.4 Å². The minimum Gasteiger partial charge on any atom is -0.465 e. The molecule has 0 bridgehead atoms. The number of anilines is 1. The second kappa shape index (κ2) is 9.61. The number of aromatic nitrogens is 3. The van der Waals surface area contributed by atoms with Crippen LogP contribution in [-0.4, -0.2) is 33.2 Å². The number of rotatable bonds is 7. The molecule has 9 heteroatoms. The molecule has 2 aromatic carbocycles. The second-order valence-electron chi connectivity index (χ2n) is 6.78. The lowest BCUT2D eigenvalue weighted by molar-refractivity contribution is -0.143. The molecular formula is C23H19BrN4O4. The number of pyridine rings is 1. The predicted octanol–water partition coefficient (Wildman–Crippen LogP) is 4.80. The molecule has 0 aliphatic carbocycles. The molecule has 0 saturated heterocycles. The van der Waals surface area contributed by atoms with Gasteiger partial charge in [-0.2, -0.15) is 5.10 Å². The van der Waals surface area contributed by atoms with Crippen molar-refractivity contribution in [2.75, 3.05) is 11.9 Å². The number of hydrogen-bond acceptors (Lipinski definition) is 6. The van der Waals surface area contributed by atoms with Crippen molar-refractivity contribution in [3.05, 3.63) is 77.0 Å². The standard InChI is InChI=1S/C23H19BrN4O4/c1-2-31-22(29)14-28-20-11-18(8-6-15(20)13-26-28)27-23(30)16-7-9-21(25-12-16)32-19-5-3-4-17(24)10-19/h3-13H,2,14H2,1H3,(H,27,30). The van der Waals surface area contributed by atoms with Crippen LogP contribution in [0.1, 0.15) is 17.3 Å². The molecule has 0 fully saturated rings. The number of nitrogens with one attached hydrogen (secondary N) is 1. The number of ether oxygens (including phenoxy) is 2. The molecule has 1 N–H and O–H groups in total. The van der Waals surface area contributed by atoms with E-state index in [-0.39, 0.29) is 18.4 Å². The number of amides is 1. The highest BCUT2D eigenvalue weighted by Crippen LogP contribution is 2.23. The first-order chi connectivity index (χ1) is 15.5. The summed E-state index contributed by atoms with van der Waals surface area (Å²) in [6.07, 6.45) is 3.11. The van der Waals surface area contributed by atoms with Crippen molar-refractivity contribution >= 4 is 44.4 Å². The highest BCUT2D eigenvalue weighted by molar-refractivity contribution is 9.10. The Morgan fingerprint density at radius 2 is 1.97 bits per heavy atom. The van der Waals surface area contributed by atoms with Gasteiger partial charge in [-0.25, -0.2) is 4.98 Å². The molecule has 2 aromatic heterocycles. The van der Waals surface area contributed by atoms with Crippen LogP contribution < -0.4 is 10.1 Å². The molecule has 1 amide bonds. The molecule has 4 rings (SSSR count). The van der Waals surface area contributed by atoms with E-state index in [1.54, 1.807) is 42.1 Å². The average molecular weight is 495 g/mol. The van der Waals surface area contributed by atoms with Crippen molar-refractivity contribution in [3.63, 3.8) is 0 Å². The molecule has 0 spiro atoms. The minimum absolute atomic E-state index is 0.00188. The molecule has 0 atom stereocenters. The number of fused-ring (bicyclic) bond motifs is 1. The van der Waals surface area contributed by atoms with Crippen LogP contribution in [-0.2, 0) is 16.1 Å². The summed E-state index contributed by atoms with van der Waals surface area (Å²) in [4.78, 5) is 28.7. The predicted molar refractivity (Wildman–Crippen MR) is 123 cm³/mol. The number of nitrogens with zero attached hydrogens (tertiary/aromatic N) is 3. The Balaban J connectivity index is 1.45. The Bertz CT molecular complexity index is 1270. The molecule has 0 radical (unpaired) electrons. The number of esters is 1. The highest BCUT2D eigenvalue weighted by atomic mass is 79.9. The Morgan fingerprint density at radius 1 is 1.09 bits per heavy atom. The quantitative estimate of drug-likeness (QED) is 0.370. The third-order valence-corrected chi connectivity index (χ3v) is 5.00. The fourth-order valence-corrected chi connectivity index (χ4v) is 3.41. The second-order valence-corrected chi connectivity index (χ2v) is 7.70. The molecule has 4 aromatic rings. The van der Waals surface area contributed by atoms with Gasteiger partial charge in [0.2, 0.25) is 5.88 Å². The van der Waals surface area contributed by atoms with E-state index in [9.17, 15) is 9.59 Å². The summed E-state index contributed by atoms with van der Waals surface area (Å²) in [5.74, 6) is 0.325. The molecular weight excluding hydrogens is 476 g/mol. The maximum atomic E-state index is 12.7. The summed E-state index contributed by atoms with van der Waals surface area (Å²) in [6, 6.07) is 16.0. The summed E-state index contributed by atoms with van der Waals surface area (Å²) in [5, 5.41) is 7.91. The zero-order valence-corrected chi connectivity index (χ0v) is 18.7. The van der Waals surface area contributed by atoms with Crippen LogP contribution in [0.15, 0.2) is 71.5 Å². The van der Waals surface area contributed by atoms with Crippen LogP contribution in [0.3, 0.4) is 0 Å². The molecule has 0 aliphatic rings. The SMILES string of the molecule is CCOC(=O)Cn1ncc2ccc(NC(=O)c3ccc(Oc4cccc(Br)c4)nc3)cc21. The van der Waals surface area contributed by atoms with Gasteiger partial charge in [0.1, 0.15) is 12.3 Å². The molecule has 8 nitrogen and oxygen atoms in total. The van der Waals surface area contributed by atoms with Crippen LogP contribution in [0.25, 0.3) is 10.9 Å². The van der Waals surface area contributed by atoms with Crippen LogP contribution in [0.5, 0.6) is 11.6 Å². The summed E-state index contributed by atoms with van der Waals surface area (Å²) in [5.41, 5.74) is 1.67. The van der Waals surface area contributed by atoms with E-state index in [1.807, 2.05) is 30.3 Å². The maximum Gasteiger partial charge on any atom is 0.327 e. The summed E-state index contributed by atoms with van der Waals surface area (Å²) < 4.78 is 13.1.